The molecule has 0 unspecified atom stereocenters. The van der Waals surface area contributed by atoms with Crippen LogP contribution in [0.3, 0.4) is 0 Å². The number of hydrogen-bond donors (Lipinski definition) is 2. The van der Waals surface area contributed by atoms with Gasteiger partial charge in [0.1, 0.15) is 12.4 Å². The molecule has 6 heteroatoms. The van der Waals surface area contributed by atoms with E-state index in [4.69, 9.17) is 9.47 Å². The van der Waals surface area contributed by atoms with Gasteiger partial charge in [-0.15, -0.1) is 24.0 Å². The van der Waals surface area contributed by atoms with Gasteiger partial charge in [0.2, 0.25) is 0 Å². The summed E-state index contributed by atoms with van der Waals surface area (Å²) >= 11 is 0. The molecule has 0 saturated heterocycles. The van der Waals surface area contributed by atoms with Crippen LogP contribution in [-0.4, -0.2) is 39.4 Å². The Balaban J connectivity index is 0.00000576. The average molecular weight is 463 g/mol. The van der Waals surface area contributed by atoms with Crippen molar-refractivity contribution < 1.29 is 9.47 Å². The van der Waals surface area contributed by atoms with Gasteiger partial charge in [-0.25, -0.2) is 4.99 Å². The minimum absolute atomic E-state index is 0. The van der Waals surface area contributed by atoms with Crippen molar-refractivity contribution in [1.29, 1.82) is 0 Å². The number of nitrogens with zero attached hydrogens (tertiary/aromatic N) is 1. The van der Waals surface area contributed by atoms with Crippen molar-refractivity contribution in [2.75, 3.05) is 33.4 Å². The van der Waals surface area contributed by atoms with Gasteiger partial charge >= 0.3 is 0 Å². The zero-order valence-corrected chi connectivity index (χ0v) is 18.2. The number of nitrogens with one attached hydrogen (secondary N) is 2. The molecule has 0 heterocycles. The Morgan fingerprint density at radius 3 is 2.40 bits per heavy atom. The number of hydrogen-bond acceptors (Lipinski definition) is 3. The van der Waals surface area contributed by atoms with E-state index in [1.165, 1.54) is 25.7 Å². The summed E-state index contributed by atoms with van der Waals surface area (Å²) in [6.07, 6.45) is 5.02. The second-order valence-electron chi connectivity index (χ2n) is 5.67. The molecule has 0 aromatic heterocycles. The molecule has 0 fully saturated rings. The lowest BCUT2D eigenvalue weighted by molar-refractivity contribution is 0.146. The van der Waals surface area contributed by atoms with Gasteiger partial charge in [-0.3, -0.25) is 0 Å². The second kappa shape index (κ2) is 16.4. The first-order valence-electron chi connectivity index (χ1n) is 9.03. The minimum Gasteiger partial charge on any atom is -0.491 e. The molecule has 1 rings (SSSR count). The number of rotatable bonds is 12. The molecule has 1 aromatic carbocycles. The molecule has 1 aromatic rings. The van der Waals surface area contributed by atoms with Crippen molar-refractivity contribution in [3.63, 3.8) is 0 Å². The minimum atomic E-state index is 0. The van der Waals surface area contributed by atoms with E-state index in [1.54, 1.807) is 7.11 Å². The van der Waals surface area contributed by atoms with Crippen molar-refractivity contribution in [3.8, 4) is 5.75 Å². The lowest BCUT2D eigenvalue weighted by Crippen LogP contribution is -2.37. The Bertz CT molecular complexity index is 452. The van der Waals surface area contributed by atoms with Crippen LogP contribution in [0, 0.1) is 0 Å². The number of benzene rings is 1. The van der Waals surface area contributed by atoms with E-state index in [1.807, 2.05) is 12.1 Å². The highest BCUT2D eigenvalue weighted by molar-refractivity contribution is 14.0. The Hall–Kier alpha value is -1.02. The Kier molecular flexibility index (Phi) is 15.8. The van der Waals surface area contributed by atoms with Crippen LogP contribution >= 0.6 is 24.0 Å². The second-order valence-corrected chi connectivity index (χ2v) is 5.67. The molecule has 2 N–H and O–H groups in total. The highest BCUT2D eigenvalue weighted by atomic mass is 127. The Morgan fingerprint density at radius 1 is 1.00 bits per heavy atom. The maximum Gasteiger partial charge on any atom is 0.191 e. The van der Waals surface area contributed by atoms with E-state index in [9.17, 15) is 0 Å². The van der Waals surface area contributed by atoms with Gasteiger partial charge in [0.15, 0.2) is 5.96 Å². The van der Waals surface area contributed by atoms with Crippen LogP contribution in [0.2, 0.25) is 0 Å². The number of aliphatic imine (C=N–C) groups is 1. The first-order valence-corrected chi connectivity index (χ1v) is 9.03. The molecular formula is C19H34IN3O2. The lowest BCUT2D eigenvalue weighted by atomic mass is 10.2. The molecular weight excluding hydrogens is 429 g/mol. The summed E-state index contributed by atoms with van der Waals surface area (Å²) in [6, 6.07) is 8.06. The maximum atomic E-state index is 5.57. The van der Waals surface area contributed by atoms with Crippen LogP contribution in [0.25, 0.3) is 0 Å². The largest absolute Gasteiger partial charge is 0.491 e. The zero-order chi connectivity index (χ0) is 17.5. The molecule has 25 heavy (non-hydrogen) atoms. The summed E-state index contributed by atoms with van der Waals surface area (Å²) < 4.78 is 10.5. The summed E-state index contributed by atoms with van der Waals surface area (Å²) in [4.78, 5) is 4.64. The van der Waals surface area contributed by atoms with Crippen LogP contribution in [-0.2, 0) is 11.3 Å². The van der Waals surface area contributed by atoms with Crippen molar-refractivity contribution in [2.45, 2.75) is 46.1 Å². The molecule has 0 saturated carbocycles. The van der Waals surface area contributed by atoms with Crippen molar-refractivity contribution >= 4 is 29.9 Å². The van der Waals surface area contributed by atoms with Crippen molar-refractivity contribution in [3.05, 3.63) is 29.8 Å². The Morgan fingerprint density at radius 2 is 1.76 bits per heavy atom. The highest BCUT2D eigenvalue weighted by Crippen LogP contribution is 2.12. The smallest absolute Gasteiger partial charge is 0.191 e. The number of ether oxygens (including phenoxy) is 2. The quantitative estimate of drug-likeness (QED) is 0.213. The summed E-state index contributed by atoms with van der Waals surface area (Å²) in [7, 11) is 1.67. The van der Waals surface area contributed by atoms with Gasteiger partial charge in [-0.2, -0.15) is 0 Å². The van der Waals surface area contributed by atoms with Crippen molar-refractivity contribution in [1.82, 2.24) is 10.6 Å². The standard InChI is InChI=1S/C19H33N3O2.HI/c1-4-6-7-8-13-21-19(20-5-2)22-16-17-9-11-18(12-10-17)24-15-14-23-3;/h9-12H,4-8,13-16H2,1-3H3,(H2,20,21,22);1H. The fourth-order valence-electron chi connectivity index (χ4n) is 2.20. The predicted molar refractivity (Wildman–Crippen MR) is 116 cm³/mol. The first-order chi connectivity index (χ1) is 11.8. The van der Waals surface area contributed by atoms with E-state index in [0.717, 1.165) is 30.4 Å². The molecule has 0 atom stereocenters. The topological polar surface area (TPSA) is 54.9 Å². The van der Waals surface area contributed by atoms with Crippen molar-refractivity contribution in [2.24, 2.45) is 4.99 Å². The number of unbranched alkanes of at least 4 members (excludes halogenated alkanes) is 3. The van der Waals surface area contributed by atoms with E-state index < -0.39 is 0 Å². The van der Waals surface area contributed by atoms with Crippen LogP contribution in [0.5, 0.6) is 5.75 Å². The van der Waals surface area contributed by atoms with E-state index in [0.29, 0.717) is 19.8 Å². The van der Waals surface area contributed by atoms with E-state index in [2.05, 4.69) is 41.6 Å². The zero-order valence-electron chi connectivity index (χ0n) is 15.8. The van der Waals surface area contributed by atoms with Gasteiger partial charge < -0.3 is 20.1 Å². The number of halogens is 1. The average Bonchev–Trinajstić information content (AvgIpc) is 2.60. The summed E-state index contributed by atoms with van der Waals surface area (Å²) in [5.41, 5.74) is 1.16. The summed E-state index contributed by atoms with van der Waals surface area (Å²) in [6.45, 7) is 7.98. The van der Waals surface area contributed by atoms with Crippen LogP contribution in [0.4, 0.5) is 0 Å². The molecule has 144 valence electrons. The van der Waals surface area contributed by atoms with Crippen LogP contribution in [0.15, 0.2) is 29.3 Å². The van der Waals surface area contributed by atoms with Gasteiger partial charge in [-0.05, 0) is 31.0 Å². The van der Waals surface area contributed by atoms with Crippen LogP contribution < -0.4 is 15.4 Å². The SMILES string of the molecule is CCCCCCNC(=NCc1ccc(OCCOC)cc1)NCC.I. The van der Waals surface area contributed by atoms with E-state index in [-0.39, 0.29) is 24.0 Å². The monoisotopic (exact) mass is 463 g/mol. The van der Waals surface area contributed by atoms with Gasteiger partial charge in [0.25, 0.3) is 0 Å². The third-order valence-electron chi connectivity index (χ3n) is 3.57. The highest BCUT2D eigenvalue weighted by Gasteiger charge is 1.99. The predicted octanol–water partition coefficient (Wildman–Crippen LogP) is 3.97. The normalized spacial score (nSPS) is 10.9. The third kappa shape index (κ3) is 12.0. The lowest BCUT2D eigenvalue weighted by Gasteiger charge is -2.11. The summed E-state index contributed by atoms with van der Waals surface area (Å²) in [5, 5.41) is 6.69. The maximum absolute atomic E-state index is 5.57. The van der Waals surface area contributed by atoms with E-state index >= 15 is 0 Å². The van der Waals surface area contributed by atoms with Gasteiger partial charge in [0, 0.05) is 20.2 Å². The Labute approximate surface area is 170 Å². The first kappa shape index (κ1) is 24.0. The fraction of sp³-hybridized carbons (Fsp3) is 0.632. The third-order valence-corrected chi connectivity index (χ3v) is 3.57. The molecule has 0 spiro atoms. The molecule has 0 aliphatic heterocycles. The molecule has 0 bridgehead atoms. The molecule has 5 nitrogen and oxygen atoms in total. The van der Waals surface area contributed by atoms with Gasteiger partial charge in [0.05, 0.1) is 13.2 Å². The van der Waals surface area contributed by atoms with Gasteiger partial charge in [-0.1, -0.05) is 38.3 Å². The molecule has 0 aliphatic carbocycles. The molecule has 0 aliphatic rings. The molecule has 0 radical (unpaired) electrons. The number of guanidine groups is 1. The fourth-order valence-corrected chi connectivity index (χ4v) is 2.20. The summed E-state index contributed by atoms with van der Waals surface area (Å²) in [5.74, 6) is 1.75. The van der Waals surface area contributed by atoms with Crippen LogP contribution in [0.1, 0.15) is 45.1 Å². The number of methoxy groups -OCH3 is 1. The molecule has 0 amide bonds.